The first-order valence-corrected chi connectivity index (χ1v) is 7.51. The SMILES string of the molecule is O=C(/C=C/c1ccc(C(F)(F)F)cc1)NNC(=O)C(=O)NCc1ccco1. The van der Waals surface area contributed by atoms with Crippen LogP contribution in [-0.4, -0.2) is 17.7 Å². The number of hydrazine groups is 1. The number of carbonyl (C=O) groups excluding carboxylic acids is 3. The van der Waals surface area contributed by atoms with Gasteiger partial charge in [-0.3, -0.25) is 25.2 Å². The highest BCUT2D eigenvalue weighted by atomic mass is 19.4. The fourth-order valence-electron chi connectivity index (χ4n) is 1.83. The molecule has 2 aromatic rings. The van der Waals surface area contributed by atoms with Gasteiger partial charge in [-0.05, 0) is 35.9 Å². The summed E-state index contributed by atoms with van der Waals surface area (Å²) in [4.78, 5) is 34.6. The molecule has 142 valence electrons. The molecule has 0 aliphatic heterocycles. The second-order valence-corrected chi connectivity index (χ2v) is 5.16. The number of amides is 3. The van der Waals surface area contributed by atoms with Crippen molar-refractivity contribution in [1.82, 2.24) is 16.2 Å². The Morgan fingerprint density at radius 3 is 2.30 bits per heavy atom. The number of nitrogens with one attached hydrogen (secondary N) is 3. The molecule has 10 heteroatoms. The average Bonchev–Trinajstić information content (AvgIpc) is 3.15. The molecule has 0 atom stereocenters. The van der Waals surface area contributed by atoms with E-state index < -0.39 is 29.5 Å². The summed E-state index contributed by atoms with van der Waals surface area (Å²) in [6.45, 7) is 0.00102. The summed E-state index contributed by atoms with van der Waals surface area (Å²) in [5.74, 6) is -2.42. The quantitative estimate of drug-likeness (QED) is 0.427. The van der Waals surface area contributed by atoms with Crippen LogP contribution in [0.15, 0.2) is 53.2 Å². The third-order valence-corrected chi connectivity index (χ3v) is 3.17. The van der Waals surface area contributed by atoms with Crippen molar-refractivity contribution in [2.24, 2.45) is 0 Å². The monoisotopic (exact) mass is 381 g/mol. The lowest BCUT2D eigenvalue weighted by Crippen LogP contribution is -2.47. The zero-order valence-electron chi connectivity index (χ0n) is 13.7. The van der Waals surface area contributed by atoms with Gasteiger partial charge in [0.1, 0.15) is 5.76 Å². The lowest BCUT2D eigenvalue weighted by atomic mass is 10.1. The number of halogens is 3. The van der Waals surface area contributed by atoms with E-state index in [9.17, 15) is 27.6 Å². The fraction of sp³-hybridized carbons (Fsp3) is 0.118. The number of hydrogen-bond donors (Lipinski definition) is 3. The van der Waals surface area contributed by atoms with Gasteiger partial charge in [0.15, 0.2) is 0 Å². The Labute approximate surface area is 151 Å². The Hall–Kier alpha value is -3.56. The molecule has 0 aliphatic carbocycles. The molecule has 0 bridgehead atoms. The van der Waals surface area contributed by atoms with Crippen LogP contribution < -0.4 is 16.2 Å². The highest BCUT2D eigenvalue weighted by Crippen LogP contribution is 2.29. The lowest BCUT2D eigenvalue weighted by molar-refractivity contribution is -0.140. The second kappa shape index (κ2) is 8.70. The fourth-order valence-corrected chi connectivity index (χ4v) is 1.83. The molecule has 0 radical (unpaired) electrons. The Morgan fingerprint density at radius 1 is 1.00 bits per heavy atom. The molecule has 0 spiro atoms. The molecule has 7 nitrogen and oxygen atoms in total. The molecule has 0 fully saturated rings. The van der Waals surface area contributed by atoms with Crippen molar-refractivity contribution >= 4 is 23.8 Å². The van der Waals surface area contributed by atoms with E-state index >= 15 is 0 Å². The zero-order valence-corrected chi connectivity index (χ0v) is 13.7. The van der Waals surface area contributed by atoms with Crippen LogP contribution in [0.25, 0.3) is 6.08 Å². The first-order valence-electron chi connectivity index (χ1n) is 7.51. The number of alkyl halides is 3. The van der Waals surface area contributed by atoms with Gasteiger partial charge in [0, 0.05) is 6.08 Å². The Bertz CT molecular complexity index is 828. The smallest absolute Gasteiger partial charge is 0.416 e. The van der Waals surface area contributed by atoms with Gasteiger partial charge in [-0.1, -0.05) is 12.1 Å². The third kappa shape index (κ3) is 6.34. The van der Waals surface area contributed by atoms with Gasteiger partial charge in [0.25, 0.3) is 5.91 Å². The summed E-state index contributed by atoms with van der Waals surface area (Å²) in [6, 6.07) is 7.35. The zero-order chi connectivity index (χ0) is 19.9. The van der Waals surface area contributed by atoms with Crippen LogP contribution in [0.1, 0.15) is 16.9 Å². The van der Waals surface area contributed by atoms with E-state index in [4.69, 9.17) is 4.42 Å². The Morgan fingerprint density at radius 2 is 1.70 bits per heavy atom. The van der Waals surface area contributed by atoms with Crippen molar-refractivity contribution in [2.75, 3.05) is 0 Å². The van der Waals surface area contributed by atoms with E-state index in [2.05, 4.69) is 5.32 Å². The number of benzene rings is 1. The van der Waals surface area contributed by atoms with Crippen LogP contribution in [0.4, 0.5) is 13.2 Å². The molecule has 2 rings (SSSR count). The molecule has 0 aliphatic rings. The highest BCUT2D eigenvalue weighted by molar-refractivity contribution is 6.35. The minimum Gasteiger partial charge on any atom is -0.467 e. The van der Waals surface area contributed by atoms with E-state index in [1.807, 2.05) is 10.9 Å². The van der Waals surface area contributed by atoms with Gasteiger partial charge in [0.2, 0.25) is 0 Å². The van der Waals surface area contributed by atoms with Crippen LogP contribution in [-0.2, 0) is 27.1 Å². The van der Waals surface area contributed by atoms with Crippen LogP contribution >= 0.6 is 0 Å². The summed E-state index contributed by atoms with van der Waals surface area (Å²) >= 11 is 0. The molecular weight excluding hydrogens is 367 g/mol. The van der Waals surface area contributed by atoms with Gasteiger partial charge < -0.3 is 9.73 Å². The maximum Gasteiger partial charge on any atom is 0.416 e. The van der Waals surface area contributed by atoms with Gasteiger partial charge in [-0.2, -0.15) is 13.2 Å². The maximum absolute atomic E-state index is 12.4. The first kappa shape index (κ1) is 19.8. The number of carbonyl (C=O) groups is 3. The molecule has 3 amide bonds. The molecule has 0 unspecified atom stereocenters. The number of furan rings is 1. The largest absolute Gasteiger partial charge is 0.467 e. The lowest BCUT2D eigenvalue weighted by Gasteiger charge is -2.06. The minimum atomic E-state index is -4.44. The predicted molar refractivity (Wildman–Crippen MR) is 87.3 cm³/mol. The van der Waals surface area contributed by atoms with E-state index in [0.29, 0.717) is 11.3 Å². The van der Waals surface area contributed by atoms with Crippen molar-refractivity contribution in [2.45, 2.75) is 12.7 Å². The van der Waals surface area contributed by atoms with E-state index in [-0.39, 0.29) is 6.54 Å². The maximum atomic E-state index is 12.4. The van der Waals surface area contributed by atoms with Crippen molar-refractivity contribution in [3.8, 4) is 0 Å². The molecule has 0 saturated carbocycles. The Balaban J connectivity index is 1.77. The standard InChI is InChI=1S/C17H14F3N3O4/c18-17(19,20)12-6-3-11(4-7-12)5-8-14(24)22-23-16(26)15(25)21-10-13-2-1-9-27-13/h1-9H,10H2,(H,21,25)(H,22,24)(H,23,26)/b8-5+. The first-order chi connectivity index (χ1) is 12.8. The van der Waals surface area contributed by atoms with Crippen molar-refractivity contribution in [1.29, 1.82) is 0 Å². The topological polar surface area (TPSA) is 100 Å². The highest BCUT2D eigenvalue weighted by Gasteiger charge is 2.29. The second-order valence-electron chi connectivity index (χ2n) is 5.16. The van der Waals surface area contributed by atoms with Gasteiger partial charge in [-0.25, -0.2) is 0 Å². The summed E-state index contributed by atoms with van der Waals surface area (Å²) in [5, 5.41) is 2.28. The van der Waals surface area contributed by atoms with Crippen LogP contribution in [0, 0.1) is 0 Å². The van der Waals surface area contributed by atoms with E-state index in [0.717, 1.165) is 18.2 Å². The van der Waals surface area contributed by atoms with Gasteiger partial charge in [-0.15, -0.1) is 0 Å². The van der Waals surface area contributed by atoms with E-state index in [1.165, 1.54) is 24.5 Å². The predicted octanol–water partition coefficient (Wildman–Crippen LogP) is 1.78. The third-order valence-electron chi connectivity index (χ3n) is 3.17. The molecule has 27 heavy (non-hydrogen) atoms. The number of hydrogen-bond acceptors (Lipinski definition) is 4. The molecule has 1 aromatic carbocycles. The van der Waals surface area contributed by atoms with Gasteiger partial charge in [0.05, 0.1) is 18.4 Å². The minimum absolute atomic E-state index is 0.00102. The molecular formula is C17H14F3N3O4. The molecule has 0 saturated heterocycles. The van der Waals surface area contributed by atoms with Crippen LogP contribution in [0.5, 0.6) is 0 Å². The van der Waals surface area contributed by atoms with Crippen LogP contribution in [0.2, 0.25) is 0 Å². The molecule has 3 N–H and O–H groups in total. The summed E-state index contributed by atoms with van der Waals surface area (Å²) in [7, 11) is 0. The van der Waals surface area contributed by atoms with Crippen molar-refractivity contribution in [3.05, 3.63) is 65.6 Å². The normalized spacial score (nSPS) is 11.2. The number of rotatable bonds is 4. The average molecular weight is 381 g/mol. The van der Waals surface area contributed by atoms with Gasteiger partial charge >= 0.3 is 18.0 Å². The summed E-state index contributed by atoms with van der Waals surface area (Å²) < 4.78 is 42.3. The summed E-state index contributed by atoms with van der Waals surface area (Å²) in [6.07, 6.45) is -0.797. The molecule has 1 heterocycles. The van der Waals surface area contributed by atoms with Crippen molar-refractivity contribution < 1.29 is 32.0 Å². The van der Waals surface area contributed by atoms with Crippen molar-refractivity contribution in [3.63, 3.8) is 0 Å². The van der Waals surface area contributed by atoms with E-state index in [1.54, 1.807) is 12.1 Å². The molecule has 1 aromatic heterocycles. The van der Waals surface area contributed by atoms with Crippen LogP contribution in [0.3, 0.4) is 0 Å². The Kier molecular flexibility index (Phi) is 6.36. The summed E-state index contributed by atoms with van der Waals surface area (Å²) in [5.41, 5.74) is 3.41.